The average molecular weight is 411 g/mol. The summed E-state index contributed by atoms with van der Waals surface area (Å²) in [6.07, 6.45) is 5.24. The zero-order valence-corrected chi connectivity index (χ0v) is 18.2. The molecule has 0 aromatic heterocycles. The van der Waals surface area contributed by atoms with E-state index in [1.165, 1.54) is 0 Å². The highest BCUT2D eigenvalue weighted by molar-refractivity contribution is 7.89. The van der Waals surface area contributed by atoms with Gasteiger partial charge in [-0.15, -0.1) is 0 Å². The van der Waals surface area contributed by atoms with Crippen LogP contribution in [0, 0.1) is 6.92 Å². The van der Waals surface area contributed by atoms with E-state index in [1.807, 2.05) is 6.92 Å². The van der Waals surface area contributed by atoms with Crippen LogP contribution in [0.1, 0.15) is 44.6 Å². The normalized spacial score (nSPS) is 21.1. The summed E-state index contributed by atoms with van der Waals surface area (Å²) in [6, 6.07) is 5.68. The minimum atomic E-state index is -3.45. The fourth-order valence-electron chi connectivity index (χ4n) is 4.23. The molecule has 0 N–H and O–H groups in total. The van der Waals surface area contributed by atoms with Gasteiger partial charge in [0.05, 0.1) is 17.6 Å². The summed E-state index contributed by atoms with van der Waals surface area (Å²) in [4.78, 5) is 2.89. The summed E-state index contributed by atoms with van der Waals surface area (Å²) in [7, 11) is -1.66. The molecule has 28 heavy (non-hydrogen) atoms. The van der Waals surface area contributed by atoms with Crippen molar-refractivity contribution in [1.82, 2.24) is 9.21 Å². The van der Waals surface area contributed by atoms with E-state index in [2.05, 4.69) is 11.8 Å². The predicted molar refractivity (Wildman–Crippen MR) is 110 cm³/mol. The number of sulfonamides is 1. The van der Waals surface area contributed by atoms with Crippen LogP contribution in [-0.2, 0) is 14.8 Å². The number of aryl methyl sites for hydroxylation is 1. The van der Waals surface area contributed by atoms with E-state index in [1.54, 1.807) is 29.6 Å². The van der Waals surface area contributed by atoms with E-state index in [0.29, 0.717) is 36.7 Å². The Hall–Kier alpha value is -1.15. The van der Waals surface area contributed by atoms with Gasteiger partial charge in [-0.25, -0.2) is 8.42 Å². The number of likely N-dealkylation sites (tertiary alicyclic amines) is 1. The molecule has 7 heteroatoms. The molecule has 2 fully saturated rings. The SMILES string of the molecule is CCCOc1ccc(S(=O)(=O)N2CCC(N3CCC(OC)CC3)CC2)cc1C. The van der Waals surface area contributed by atoms with Crippen LogP contribution in [0.25, 0.3) is 0 Å². The Kier molecular flexibility index (Phi) is 7.36. The molecule has 0 bridgehead atoms. The molecule has 0 unspecified atom stereocenters. The Labute approximate surface area is 169 Å². The third kappa shape index (κ3) is 4.87. The number of rotatable bonds is 7. The molecule has 6 nitrogen and oxygen atoms in total. The van der Waals surface area contributed by atoms with E-state index in [0.717, 1.165) is 56.5 Å². The molecule has 2 saturated heterocycles. The summed E-state index contributed by atoms with van der Waals surface area (Å²) in [5.41, 5.74) is 0.866. The molecular weight excluding hydrogens is 376 g/mol. The smallest absolute Gasteiger partial charge is 0.243 e. The van der Waals surface area contributed by atoms with Gasteiger partial charge in [0.2, 0.25) is 10.0 Å². The summed E-state index contributed by atoms with van der Waals surface area (Å²) in [5, 5.41) is 0. The van der Waals surface area contributed by atoms with Crippen LogP contribution in [0.4, 0.5) is 0 Å². The van der Waals surface area contributed by atoms with E-state index >= 15 is 0 Å². The van der Waals surface area contributed by atoms with Gasteiger partial charge in [-0.05, 0) is 62.8 Å². The van der Waals surface area contributed by atoms with Crippen LogP contribution in [0.15, 0.2) is 23.1 Å². The van der Waals surface area contributed by atoms with Crippen LogP contribution in [0.3, 0.4) is 0 Å². The van der Waals surface area contributed by atoms with Gasteiger partial charge in [0.25, 0.3) is 0 Å². The van der Waals surface area contributed by atoms with Crippen LogP contribution >= 0.6 is 0 Å². The fraction of sp³-hybridized carbons (Fsp3) is 0.714. The summed E-state index contributed by atoms with van der Waals surface area (Å²) >= 11 is 0. The molecule has 2 aliphatic heterocycles. The molecule has 2 aliphatic rings. The first-order valence-electron chi connectivity index (χ1n) is 10.5. The summed E-state index contributed by atoms with van der Waals surface area (Å²) in [6.45, 7) is 7.87. The fourth-order valence-corrected chi connectivity index (χ4v) is 5.79. The number of hydrogen-bond acceptors (Lipinski definition) is 5. The zero-order chi connectivity index (χ0) is 20.1. The third-order valence-electron chi connectivity index (χ3n) is 6.00. The monoisotopic (exact) mass is 410 g/mol. The van der Waals surface area contributed by atoms with E-state index < -0.39 is 10.0 Å². The first kappa shape index (κ1) is 21.6. The number of methoxy groups -OCH3 is 1. The molecule has 1 aromatic rings. The van der Waals surface area contributed by atoms with Crippen molar-refractivity contribution in [3.8, 4) is 5.75 Å². The van der Waals surface area contributed by atoms with Gasteiger partial charge < -0.3 is 14.4 Å². The highest BCUT2D eigenvalue weighted by Crippen LogP contribution is 2.28. The van der Waals surface area contributed by atoms with Crippen molar-refractivity contribution in [2.24, 2.45) is 0 Å². The van der Waals surface area contributed by atoms with Gasteiger partial charge in [-0.1, -0.05) is 6.92 Å². The maximum absolute atomic E-state index is 13.1. The molecule has 0 atom stereocenters. The lowest BCUT2D eigenvalue weighted by Gasteiger charge is -2.41. The topological polar surface area (TPSA) is 59.1 Å². The molecule has 0 radical (unpaired) electrons. The number of ether oxygens (including phenoxy) is 2. The molecule has 1 aromatic carbocycles. The van der Waals surface area contributed by atoms with E-state index in [4.69, 9.17) is 9.47 Å². The summed E-state index contributed by atoms with van der Waals surface area (Å²) < 4.78 is 38.9. The van der Waals surface area contributed by atoms with Crippen LogP contribution in [-0.4, -0.2) is 69.7 Å². The second kappa shape index (κ2) is 9.57. The lowest BCUT2D eigenvalue weighted by atomic mass is 10.00. The van der Waals surface area contributed by atoms with Crippen molar-refractivity contribution in [2.75, 3.05) is 39.9 Å². The van der Waals surface area contributed by atoms with Crippen molar-refractivity contribution in [1.29, 1.82) is 0 Å². The molecule has 0 saturated carbocycles. The standard InChI is InChI=1S/C21H34N2O4S/c1-4-15-27-21-6-5-20(16-17(21)2)28(24,25)23-13-7-18(8-14-23)22-11-9-19(26-3)10-12-22/h5-6,16,18-19H,4,7-15H2,1-3H3. The van der Waals surface area contributed by atoms with Gasteiger partial charge in [-0.2, -0.15) is 4.31 Å². The van der Waals surface area contributed by atoms with Crippen LogP contribution in [0.2, 0.25) is 0 Å². The molecule has 3 rings (SSSR count). The average Bonchev–Trinajstić information content (AvgIpc) is 2.73. The molecular formula is C21H34N2O4S. The maximum Gasteiger partial charge on any atom is 0.243 e. The van der Waals surface area contributed by atoms with Crippen LogP contribution < -0.4 is 4.74 Å². The van der Waals surface area contributed by atoms with Crippen molar-refractivity contribution in [3.63, 3.8) is 0 Å². The summed E-state index contributed by atoms with van der Waals surface area (Å²) in [5.74, 6) is 0.763. The van der Waals surface area contributed by atoms with Crippen molar-refractivity contribution >= 4 is 10.0 Å². The van der Waals surface area contributed by atoms with Gasteiger partial charge in [0.15, 0.2) is 0 Å². The zero-order valence-electron chi connectivity index (χ0n) is 17.4. The lowest BCUT2D eigenvalue weighted by molar-refractivity contribution is 0.0190. The van der Waals surface area contributed by atoms with Crippen molar-refractivity contribution in [3.05, 3.63) is 23.8 Å². The Balaban J connectivity index is 1.59. The second-order valence-electron chi connectivity index (χ2n) is 7.88. The lowest BCUT2D eigenvalue weighted by Crippen LogP contribution is -2.49. The molecule has 0 spiro atoms. The van der Waals surface area contributed by atoms with Crippen molar-refractivity contribution < 1.29 is 17.9 Å². The predicted octanol–water partition coefficient (Wildman–Crippen LogP) is 3.05. The molecule has 158 valence electrons. The van der Waals surface area contributed by atoms with Gasteiger partial charge >= 0.3 is 0 Å². The van der Waals surface area contributed by atoms with E-state index in [9.17, 15) is 8.42 Å². The second-order valence-corrected chi connectivity index (χ2v) is 9.82. The Bertz CT molecular complexity index is 737. The highest BCUT2D eigenvalue weighted by Gasteiger charge is 2.33. The number of hydrogen-bond donors (Lipinski definition) is 0. The van der Waals surface area contributed by atoms with Gasteiger partial charge in [0.1, 0.15) is 5.75 Å². The first-order valence-corrected chi connectivity index (χ1v) is 11.9. The quantitative estimate of drug-likeness (QED) is 0.691. The largest absolute Gasteiger partial charge is 0.493 e. The number of nitrogens with zero attached hydrogens (tertiary/aromatic N) is 2. The minimum Gasteiger partial charge on any atom is -0.493 e. The molecule has 0 amide bonds. The Morgan fingerprint density at radius 2 is 1.75 bits per heavy atom. The Morgan fingerprint density at radius 1 is 1.07 bits per heavy atom. The van der Waals surface area contributed by atoms with Crippen LogP contribution in [0.5, 0.6) is 5.75 Å². The molecule has 2 heterocycles. The van der Waals surface area contributed by atoms with Gasteiger partial charge in [-0.3, -0.25) is 0 Å². The minimum absolute atomic E-state index is 0.369. The number of piperidine rings is 2. The molecule has 0 aliphatic carbocycles. The van der Waals surface area contributed by atoms with Crippen molar-refractivity contribution in [2.45, 2.75) is 63.0 Å². The van der Waals surface area contributed by atoms with Gasteiger partial charge in [0, 0.05) is 39.3 Å². The first-order chi connectivity index (χ1) is 13.5. The number of benzene rings is 1. The maximum atomic E-state index is 13.1. The Morgan fingerprint density at radius 3 is 2.32 bits per heavy atom. The third-order valence-corrected chi connectivity index (χ3v) is 7.89. The highest BCUT2D eigenvalue weighted by atomic mass is 32.2. The van der Waals surface area contributed by atoms with E-state index in [-0.39, 0.29) is 0 Å².